The summed E-state index contributed by atoms with van der Waals surface area (Å²) >= 11 is 9.46. The Labute approximate surface area is 118 Å². The molecular formula is C13H9BrClN3. The lowest BCUT2D eigenvalue weighted by atomic mass is 10.1. The van der Waals surface area contributed by atoms with Crippen LogP contribution in [-0.2, 0) is 0 Å². The first-order valence-corrected chi connectivity index (χ1v) is 6.29. The fourth-order valence-corrected chi connectivity index (χ4v) is 2.03. The van der Waals surface area contributed by atoms with Crippen molar-refractivity contribution in [3.8, 4) is 6.07 Å². The van der Waals surface area contributed by atoms with Gasteiger partial charge >= 0.3 is 0 Å². The molecular weight excluding hydrogens is 314 g/mol. The maximum absolute atomic E-state index is 9.06. The number of benzene rings is 2. The molecule has 90 valence electrons. The van der Waals surface area contributed by atoms with Crippen LogP contribution in [-0.4, -0.2) is 0 Å². The minimum atomic E-state index is 0.478. The normalized spacial score (nSPS) is 9.83. The highest BCUT2D eigenvalue weighted by Crippen LogP contribution is 2.30. The van der Waals surface area contributed by atoms with Gasteiger partial charge in [0.25, 0.3) is 0 Å². The van der Waals surface area contributed by atoms with E-state index in [1.54, 1.807) is 24.3 Å². The lowest BCUT2D eigenvalue weighted by Gasteiger charge is -2.10. The van der Waals surface area contributed by atoms with Gasteiger partial charge in [-0.05, 0) is 36.4 Å². The second kappa shape index (κ2) is 5.30. The number of hydrogen-bond donors (Lipinski definition) is 2. The van der Waals surface area contributed by atoms with Crippen molar-refractivity contribution in [2.45, 2.75) is 0 Å². The molecule has 0 saturated heterocycles. The average Bonchev–Trinajstić information content (AvgIpc) is 2.36. The van der Waals surface area contributed by atoms with Crippen LogP contribution in [0.4, 0.5) is 17.1 Å². The van der Waals surface area contributed by atoms with E-state index in [1.165, 1.54) is 0 Å². The maximum atomic E-state index is 9.06. The van der Waals surface area contributed by atoms with Crippen molar-refractivity contribution >= 4 is 44.6 Å². The Morgan fingerprint density at radius 2 is 1.94 bits per heavy atom. The molecule has 2 aromatic carbocycles. The molecule has 0 amide bonds. The number of nitrogens with one attached hydrogen (secondary N) is 1. The molecule has 0 bridgehead atoms. The predicted molar refractivity (Wildman–Crippen MR) is 78.0 cm³/mol. The number of halogens is 2. The van der Waals surface area contributed by atoms with Gasteiger partial charge in [0, 0.05) is 10.2 Å². The molecule has 0 aromatic heterocycles. The quantitative estimate of drug-likeness (QED) is 0.810. The molecule has 0 aliphatic heterocycles. The van der Waals surface area contributed by atoms with Crippen LogP contribution in [0.25, 0.3) is 0 Å². The Morgan fingerprint density at radius 3 is 2.67 bits per heavy atom. The summed E-state index contributed by atoms with van der Waals surface area (Å²) in [6, 6.07) is 12.7. The van der Waals surface area contributed by atoms with Crippen molar-refractivity contribution in [3.63, 3.8) is 0 Å². The highest BCUT2D eigenvalue weighted by molar-refractivity contribution is 9.10. The number of nitrogen functional groups attached to an aromatic ring is 1. The summed E-state index contributed by atoms with van der Waals surface area (Å²) < 4.78 is 0.906. The van der Waals surface area contributed by atoms with Gasteiger partial charge in [-0.3, -0.25) is 0 Å². The maximum Gasteiger partial charge on any atom is 0.101 e. The van der Waals surface area contributed by atoms with Gasteiger partial charge in [0.1, 0.15) is 6.07 Å². The van der Waals surface area contributed by atoms with Crippen LogP contribution < -0.4 is 11.1 Å². The number of nitrogens with two attached hydrogens (primary N) is 1. The highest BCUT2D eigenvalue weighted by atomic mass is 79.9. The van der Waals surface area contributed by atoms with E-state index in [0.717, 1.165) is 10.2 Å². The van der Waals surface area contributed by atoms with Gasteiger partial charge < -0.3 is 11.1 Å². The van der Waals surface area contributed by atoms with E-state index < -0.39 is 0 Å². The fourth-order valence-electron chi connectivity index (χ4n) is 1.50. The molecule has 0 atom stereocenters. The van der Waals surface area contributed by atoms with E-state index in [9.17, 15) is 0 Å². The molecule has 0 fully saturated rings. The van der Waals surface area contributed by atoms with Gasteiger partial charge in [-0.2, -0.15) is 5.26 Å². The van der Waals surface area contributed by atoms with Crippen LogP contribution in [0, 0.1) is 11.3 Å². The fraction of sp³-hybridized carbons (Fsp3) is 0. The SMILES string of the molecule is N#Cc1cc(N)ccc1Nc1cc(Br)ccc1Cl. The molecule has 0 unspecified atom stereocenters. The van der Waals surface area contributed by atoms with E-state index in [1.807, 2.05) is 12.1 Å². The molecule has 0 saturated carbocycles. The minimum Gasteiger partial charge on any atom is -0.399 e. The summed E-state index contributed by atoms with van der Waals surface area (Å²) in [4.78, 5) is 0. The molecule has 0 spiro atoms. The van der Waals surface area contributed by atoms with Gasteiger partial charge in [-0.15, -0.1) is 0 Å². The standard InChI is InChI=1S/C13H9BrClN3/c14-9-1-3-11(15)13(6-9)18-12-4-2-10(17)5-8(12)7-16/h1-6,18H,17H2. The molecule has 3 N–H and O–H groups in total. The van der Waals surface area contributed by atoms with Crippen molar-refractivity contribution < 1.29 is 0 Å². The molecule has 0 aliphatic rings. The number of nitriles is 1. The van der Waals surface area contributed by atoms with Crippen molar-refractivity contribution in [3.05, 3.63) is 51.5 Å². The second-order valence-corrected chi connectivity index (χ2v) is 4.99. The van der Waals surface area contributed by atoms with Crippen molar-refractivity contribution in [1.82, 2.24) is 0 Å². The summed E-state index contributed by atoms with van der Waals surface area (Å²) in [6.07, 6.45) is 0. The van der Waals surface area contributed by atoms with Gasteiger partial charge in [0.05, 0.1) is 22.0 Å². The van der Waals surface area contributed by atoms with E-state index in [-0.39, 0.29) is 0 Å². The third-order valence-electron chi connectivity index (χ3n) is 2.36. The van der Waals surface area contributed by atoms with Crippen LogP contribution in [0.5, 0.6) is 0 Å². The largest absolute Gasteiger partial charge is 0.399 e. The van der Waals surface area contributed by atoms with E-state index in [2.05, 4.69) is 27.3 Å². The van der Waals surface area contributed by atoms with E-state index in [0.29, 0.717) is 22.0 Å². The summed E-state index contributed by atoms with van der Waals surface area (Å²) in [5, 5.41) is 12.8. The Kier molecular flexibility index (Phi) is 3.75. The van der Waals surface area contributed by atoms with Crippen LogP contribution in [0.3, 0.4) is 0 Å². The third kappa shape index (κ3) is 2.76. The van der Waals surface area contributed by atoms with E-state index >= 15 is 0 Å². The Morgan fingerprint density at radius 1 is 1.17 bits per heavy atom. The number of anilines is 3. The first-order chi connectivity index (χ1) is 8.60. The monoisotopic (exact) mass is 321 g/mol. The summed E-state index contributed by atoms with van der Waals surface area (Å²) in [6.45, 7) is 0. The number of rotatable bonds is 2. The van der Waals surface area contributed by atoms with Crippen LogP contribution in [0.2, 0.25) is 5.02 Å². The van der Waals surface area contributed by atoms with Crippen molar-refractivity contribution in [1.29, 1.82) is 5.26 Å². The summed E-state index contributed by atoms with van der Waals surface area (Å²) in [5.74, 6) is 0. The highest BCUT2D eigenvalue weighted by Gasteiger charge is 2.06. The number of hydrogen-bond acceptors (Lipinski definition) is 3. The molecule has 3 nitrogen and oxygen atoms in total. The van der Waals surface area contributed by atoms with Crippen molar-refractivity contribution in [2.75, 3.05) is 11.1 Å². The van der Waals surface area contributed by atoms with Crippen LogP contribution in [0.15, 0.2) is 40.9 Å². The molecule has 0 aliphatic carbocycles. The molecule has 18 heavy (non-hydrogen) atoms. The predicted octanol–water partition coefficient (Wildman–Crippen LogP) is 4.30. The smallest absolute Gasteiger partial charge is 0.101 e. The lowest BCUT2D eigenvalue weighted by Crippen LogP contribution is -1.96. The summed E-state index contributed by atoms with van der Waals surface area (Å²) in [5.41, 5.74) is 8.07. The zero-order valence-electron chi connectivity index (χ0n) is 9.24. The van der Waals surface area contributed by atoms with Gasteiger partial charge in [0.2, 0.25) is 0 Å². The zero-order valence-corrected chi connectivity index (χ0v) is 11.6. The van der Waals surface area contributed by atoms with Gasteiger partial charge in [-0.25, -0.2) is 0 Å². The molecule has 0 heterocycles. The molecule has 2 aromatic rings. The first-order valence-electron chi connectivity index (χ1n) is 5.12. The first kappa shape index (κ1) is 12.7. The topological polar surface area (TPSA) is 61.8 Å². The number of nitrogens with zero attached hydrogens (tertiary/aromatic N) is 1. The Hall–Kier alpha value is -1.70. The Balaban J connectivity index is 2.40. The van der Waals surface area contributed by atoms with Gasteiger partial charge in [0.15, 0.2) is 0 Å². The minimum absolute atomic E-state index is 0.478. The van der Waals surface area contributed by atoms with Gasteiger partial charge in [-0.1, -0.05) is 27.5 Å². The average molecular weight is 323 g/mol. The second-order valence-electron chi connectivity index (χ2n) is 3.67. The van der Waals surface area contributed by atoms with Crippen LogP contribution >= 0.6 is 27.5 Å². The zero-order chi connectivity index (χ0) is 13.1. The third-order valence-corrected chi connectivity index (χ3v) is 3.18. The molecule has 0 radical (unpaired) electrons. The van der Waals surface area contributed by atoms with E-state index in [4.69, 9.17) is 22.6 Å². The lowest BCUT2D eigenvalue weighted by molar-refractivity contribution is 1.46. The summed E-state index contributed by atoms with van der Waals surface area (Å²) in [7, 11) is 0. The van der Waals surface area contributed by atoms with Crippen molar-refractivity contribution in [2.24, 2.45) is 0 Å². The Bertz CT molecular complexity index is 635. The van der Waals surface area contributed by atoms with Crippen LogP contribution in [0.1, 0.15) is 5.56 Å². The molecule has 2 rings (SSSR count). The molecule has 5 heteroatoms.